The van der Waals surface area contributed by atoms with Gasteiger partial charge in [-0.1, -0.05) is 0 Å². The van der Waals surface area contributed by atoms with Gasteiger partial charge in [-0.3, -0.25) is 15.0 Å². The average Bonchev–Trinajstić information content (AvgIpc) is 3.00. The van der Waals surface area contributed by atoms with Crippen LogP contribution in [0.3, 0.4) is 0 Å². The lowest BCUT2D eigenvalue weighted by Gasteiger charge is -2.39. The molecule has 8 heteroatoms. The minimum absolute atomic E-state index is 0.382. The Bertz CT molecular complexity index is 621. The van der Waals surface area contributed by atoms with Crippen LogP contribution in [0, 0.1) is 10.1 Å². The molecule has 1 atom stereocenters. The molecule has 138 valence electrons. The van der Waals surface area contributed by atoms with Gasteiger partial charge in [-0.05, 0) is 45.2 Å². The predicted octanol–water partition coefficient (Wildman–Crippen LogP) is 3.65. The maximum atomic E-state index is 12.5. The molecule has 2 aliphatic heterocycles. The lowest BCUT2D eigenvalue weighted by molar-refractivity contribution is -0.386. The molecule has 2 fully saturated rings. The summed E-state index contributed by atoms with van der Waals surface area (Å²) in [5.74, 6) is -0.382. The van der Waals surface area contributed by atoms with Gasteiger partial charge in [0.15, 0.2) is 0 Å². The van der Waals surface area contributed by atoms with Crippen LogP contribution in [0.15, 0.2) is 18.2 Å². The fourth-order valence-electron chi connectivity index (χ4n) is 3.99. The van der Waals surface area contributed by atoms with Crippen molar-refractivity contribution in [1.29, 1.82) is 0 Å². The van der Waals surface area contributed by atoms with Gasteiger partial charge in [-0.25, -0.2) is 0 Å². The quantitative estimate of drug-likeness (QED) is 0.596. The van der Waals surface area contributed by atoms with E-state index in [2.05, 4.69) is 21.5 Å². The molecule has 0 N–H and O–H groups in total. The van der Waals surface area contributed by atoms with Crippen molar-refractivity contribution in [3.8, 4) is 5.75 Å². The summed E-state index contributed by atoms with van der Waals surface area (Å²) < 4.78 is 29.4. The number of rotatable bonds is 5. The standard InChI is InChI=1S/C17H23F2N3O3/c1-12-3-2-8-21(12)13-6-9-20(10-7-13)14-4-5-15(22(23)24)16(11-14)25-17(18)19/h4-5,11-13,17H,2-3,6-10H2,1H3. The Morgan fingerprint density at radius 1 is 1.24 bits per heavy atom. The summed E-state index contributed by atoms with van der Waals surface area (Å²) in [5, 5.41) is 11.0. The normalized spacial score (nSPS) is 22.6. The number of alkyl halides is 2. The fourth-order valence-corrected chi connectivity index (χ4v) is 3.99. The van der Waals surface area contributed by atoms with Crippen molar-refractivity contribution in [3.63, 3.8) is 0 Å². The van der Waals surface area contributed by atoms with Crippen LogP contribution in [0.2, 0.25) is 0 Å². The first kappa shape index (κ1) is 17.8. The van der Waals surface area contributed by atoms with Crippen molar-refractivity contribution in [1.82, 2.24) is 4.90 Å². The molecule has 1 aromatic rings. The van der Waals surface area contributed by atoms with Gasteiger partial charge in [0.05, 0.1) is 4.92 Å². The van der Waals surface area contributed by atoms with Crippen LogP contribution in [0.25, 0.3) is 0 Å². The highest BCUT2D eigenvalue weighted by Crippen LogP contribution is 2.34. The summed E-state index contributed by atoms with van der Waals surface area (Å²) >= 11 is 0. The van der Waals surface area contributed by atoms with E-state index in [9.17, 15) is 18.9 Å². The van der Waals surface area contributed by atoms with Gasteiger partial charge in [0, 0.05) is 43.0 Å². The number of nitrogens with zero attached hydrogens (tertiary/aromatic N) is 3. The van der Waals surface area contributed by atoms with Crippen LogP contribution < -0.4 is 9.64 Å². The monoisotopic (exact) mass is 355 g/mol. The first-order valence-corrected chi connectivity index (χ1v) is 8.69. The first-order chi connectivity index (χ1) is 12.0. The van der Waals surface area contributed by atoms with Gasteiger partial charge < -0.3 is 9.64 Å². The number of halogens is 2. The highest BCUT2D eigenvalue weighted by molar-refractivity contribution is 5.59. The van der Waals surface area contributed by atoms with Crippen LogP contribution in [0.5, 0.6) is 5.75 Å². The molecule has 25 heavy (non-hydrogen) atoms. The largest absolute Gasteiger partial charge is 0.427 e. The van der Waals surface area contributed by atoms with Gasteiger partial charge in [-0.15, -0.1) is 0 Å². The molecule has 0 radical (unpaired) electrons. The molecule has 0 bridgehead atoms. The Morgan fingerprint density at radius 3 is 2.52 bits per heavy atom. The van der Waals surface area contributed by atoms with E-state index in [1.54, 1.807) is 6.07 Å². The SMILES string of the molecule is CC1CCCN1C1CCN(c2ccc([N+](=O)[O-])c(OC(F)F)c2)CC1. The number of ether oxygens (including phenoxy) is 1. The van der Waals surface area contributed by atoms with E-state index < -0.39 is 17.2 Å². The average molecular weight is 355 g/mol. The third-order valence-corrected chi connectivity index (χ3v) is 5.26. The second kappa shape index (κ2) is 7.51. The molecule has 2 saturated heterocycles. The maximum absolute atomic E-state index is 12.5. The summed E-state index contributed by atoms with van der Waals surface area (Å²) in [7, 11) is 0. The van der Waals surface area contributed by atoms with Gasteiger partial charge in [0.2, 0.25) is 5.75 Å². The second-order valence-corrected chi connectivity index (χ2v) is 6.73. The lowest BCUT2D eigenvalue weighted by atomic mass is 10.0. The molecule has 6 nitrogen and oxygen atoms in total. The molecule has 0 saturated carbocycles. The van der Waals surface area contributed by atoms with Gasteiger partial charge in [-0.2, -0.15) is 8.78 Å². The van der Waals surface area contributed by atoms with E-state index >= 15 is 0 Å². The van der Waals surface area contributed by atoms with Crippen LogP contribution in [-0.4, -0.2) is 48.2 Å². The van der Waals surface area contributed by atoms with Crippen molar-refractivity contribution >= 4 is 11.4 Å². The highest BCUT2D eigenvalue weighted by Gasteiger charge is 2.31. The molecule has 3 rings (SSSR count). The summed E-state index contributed by atoms with van der Waals surface area (Å²) in [6, 6.07) is 5.38. The predicted molar refractivity (Wildman–Crippen MR) is 90.4 cm³/mol. The zero-order valence-electron chi connectivity index (χ0n) is 14.2. The number of nitro groups is 1. The van der Waals surface area contributed by atoms with E-state index in [1.807, 2.05) is 0 Å². The Hall–Kier alpha value is -1.96. The van der Waals surface area contributed by atoms with Crippen molar-refractivity contribution in [3.05, 3.63) is 28.3 Å². The molecule has 0 aromatic heterocycles. The number of piperidine rings is 1. The number of hydrogen-bond donors (Lipinski definition) is 0. The molecule has 0 spiro atoms. The third kappa shape index (κ3) is 4.00. The van der Waals surface area contributed by atoms with Crippen LogP contribution in [0.4, 0.5) is 20.2 Å². The van der Waals surface area contributed by atoms with E-state index in [0.717, 1.165) is 32.5 Å². The fraction of sp³-hybridized carbons (Fsp3) is 0.647. The van der Waals surface area contributed by atoms with E-state index in [1.165, 1.54) is 25.0 Å². The van der Waals surface area contributed by atoms with Crippen molar-refractivity contribution in [2.75, 3.05) is 24.5 Å². The summed E-state index contributed by atoms with van der Waals surface area (Å²) in [5.41, 5.74) is 0.249. The minimum atomic E-state index is -3.09. The molecular weight excluding hydrogens is 332 g/mol. The number of benzene rings is 1. The Kier molecular flexibility index (Phi) is 5.36. The Morgan fingerprint density at radius 2 is 1.96 bits per heavy atom. The minimum Gasteiger partial charge on any atom is -0.427 e. The number of anilines is 1. The number of likely N-dealkylation sites (tertiary alicyclic amines) is 1. The van der Waals surface area contributed by atoms with E-state index in [4.69, 9.17) is 0 Å². The molecule has 0 amide bonds. The first-order valence-electron chi connectivity index (χ1n) is 8.69. The Balaban J connectivity index is 1.69. The molecule has 2 aliphatic rings. The number of nitro benzene ring substituents is 1. The highest BCUT2D eigenvalue weighted by atomic mass is 19.3. The molecule has 1 aromatic carbocycles. The van der Waals surface area contributed by atoms with Crippen molar-refractivity contribution in [2.24, 2.45) is 0 Å². The summed E-state index contributed by atoms with van der Waals surface area (Å²) in [6.07, 6.45) is 4.51. The van der Waals surface area contributed by atoms with Crippen molar-refractivity contribution < 1.29 is 18.4 Å². The third-order valence-electron chi connectivity index (χ3n) is 5.26. The zero-order valence-corrected chi connectivity index (χ0v) is 14.2. The summed E-state index contributed by atoms with van der Waals surface area (Å²) in [6.45, 7) is 1.94. The van der Waals surface area contributed by atoms with Crippen LogP contribution in [-0.2, 0) is 0 Å². The summed E-state index contributed by atoms with van der Waals surface area (Å²) in [4.78, 5) is 14.9. The van der Waals surface area contributed by atoms with E-state index in [0.29, 0.717) is 17.8 Å². The second-order valence-electron chi connectivity index (χ2n) is 6.73. The van der Waals surface area contributed by atoms with Gasteiger partial charge in [0.25, 0.3) is 0 Å². The van der Waals surface area contributed by atoms with Gasteiger partial charge >= 0.3 is 12.3 Å². The van der Waals surface area contributed by atoms with Crippen molar-refractivity contribution in [2.45, 2.75) is 51.3 Å². The number of hydrogen-bond acceptors (Lipinski definition) is 5. The maximum Gasteiger partial charge on any atom is 0.387 e. The molecule has 0 aliphatic carbocycles. The van der Waals surface area contributed by atoms with Crippen LogP contribution >= 0.6 is 0 Å². The van der Waals surface area contributed by atoms with E-state index in [-0.39, 0.29) is 5.75 Å². The van der Waals surface area contributed by atoms with Gasteiger partial charge in [0.1, 0.15) is 0 Å². The topological polar surface area (TPSA) is 58.9 Å². The Labute approximate surface area is 145 Å². The lowest BCUT2D eigenvalue weighted by Crippen LogP contribution is -2.46. The molecular formula is C17H23F2N3O3. The zero-order chi connectivity index (χ0) is 18.0. The van der Waals surface area contributed by atoms with Crippen LogP contribution in [0.1, 0.15) is 32.6 Å². The smallest absolute Gasteiger partial charge is 0.387 e. The molecule has 1 unspecified atom stereocenters. The molecule has 2 heterocycles.